The van der Waals surface area contributed by atoms with Gasteiger partial charge in [0.25, 0.3) is 0 Å². The van der Waals surface area contributed by atoms with E-state index in [1.54, 1.807) is 0 Å². The molecule has 0 aliphatic carbocycles. The molecular formula is C22H18Br2N2. The summed E-state index contributed by atoms with van der Waals surface area (Å²) >= 11 is 6.97. The van der Waals surface area contributed by atoms with Gasteiger partial charge < -0.3 is 0 Å². The number of benzene rings is 3. The van der Waals surface area contributed by atoms with Gasteiger partial charge in [0.2, 0.25) is 0 Å². The third-order valence-corrected chi connectivity index (χ3v) is 5.15. The van der Waals surface area contributed by atoms with Crippen LogP contribution >= 0.6 is 31.9 Å². The predicted molar refractivity (Wildman–Crippen MR) is 118 cm³/mol. The highest BCUT2D eigenvalue weighted by Gasteiger charge is 2.11. The predicted octanol–water partition coefficient (Wildman–Crippen LogP) is 6.15. The number of aliphatic imine (C=N–C) groups is 2. The van der Waals surface area contributed by atoms with Crippen LogP contribution in [0.3, 0.4) is 0 Å². The van der Waals surface area contributed by atoms with Crippen LogP contribution in [0.25, 0.3) is 0 Å². The molecule has 130 valence electrons. The maximum Gasteiger partial charge on any atom is 0.0715 e. The summed E-state index contributed by atoms with van der Waals surface area (Å²) < 4.78 is 2.11. The standard InChI is InChI=1S/C22H18Br2N2/c1-25-21(15-6-10-19(23)11-7-15)17-4-3-5-18(14-17)22(26-2)16-8-12-20(24)13-9-16/h3-14H,1-2H3. The van der Waals surface area contributed by atoms with Crippen LogP contribution in [-0.4, -0.2) is 25.5 Å². The summed E-state index contributed by atoms with van der Waals surface area (Å²) in [4.78, 5) is 9.05. The average Bonchev–Trinajstić information content (AvgIpc) is 2.66. The first-order chi connectivity index (χ1) is 12.6. The average molecular weight is 470 g/mol. The summed E-state index contributed by atoms with van der Waals surface area (Å²) in [5.41, 5.74) is 6.25. The third-order valence-electron chi connectivity index (χ3n) is 4.09. The quantitative estimate of drug-likeness (QED) is 0.409. The van der Waals surface area contributed by atoms with Gasteiger partial charge in [-0.05, 0) is 30.3 Å². The lowest BCUT2D eigenvalue weighted by Gasteiger charge is -2.11. The van der Waals surface area contributed by atoms with Crippen molar-refractivity contribution in [3.8, 4) is 0 Å². The maximum absolute atomic E-state index is 4.52. The molecule has 0 amide bonds. The number of halogens is 2. The lowest BCUT2D eigenvalue weighted by Crippen LogP contribution is -2.07. The molecule has 2 nitrogen and oxygen atoms in total. The second-order valence-corrected chi connectivity index (χ2v) is 7.57. The summed E-state index contributed by atoms with van der Waals surface area (Å²) in [7, 11) is 3.65. The number of hydrogen-bond acceptors (Lipinski definition) is 2. The smallest absolute Gasteiger partial charge is 0.0715 e. The zero-order valence-electron chi connectivity index (χ0n) is 14.6. The summed E-state index contributed by atoms with van der Waals surface area (Å²) in [6, 6.07) is 24.8. The van der Waals surface area contributed by atoms with Crippen LogP contribution < -0.4 is 0 Å². The van der Waals surface area contributed by atoms with Gasteiger partial charge in [0, 0.05) is 45.3 Å². The SMILES string of the molecule is CN=C(c1ccc(Br)cc1)c1cccc(C(=NC)c2ccc(Br)cc2)c1. The fraction of sp³-hybridized carbons (Fsp3) is 0.0909. The molecule has 26 heavy (non-hydrogen) atoms. The lowest BCUT2D eigenvalue weighted by molar-refractivity contribution is 1.39. The van der Waals surface area contributed by atoms with E-state index in [0.29, 0.717) is 0 Å². The summed E-state index contributed by atoms with van der Waals surface area (Å²) in [6.45, 7) is 0. The first-order valence-electron chi connectivity index (χ1n) is 8.18. The zero-order chi connectivity index (χ0) is 18.5. The third kappa shape index (κ3) is 4.19. The van der Waals surface area contributed by atoms with Crippen molar-refractivity contribution in [3.63, 3.8) is 0 Å². The Morgan fingerprint density at radius 3 is 1.31 bits per heavy atom. The van der Waals surface area contributed by atoms with Gasteiger partial charge in [-0.2, -0.15) is 0 Å². The fourth-order valence-corrected chi connectivity index (χ4v) is 3.41. The van der Waals surface area contributed by atoms with Crippen LogP contribution in [0.4, 0.5) is 0 Å². The Kier molecular flexibility index (Phi) is 6.17. The Bertz CT molecular complexity index is 879. The van der Waals surface area contributed by atoms with Crippen LogP contribution in [0.1, 0.15) is 22.3 Å². The van der Waals surface area contributed by atoms with Crippen molar-refractivity contribution in [2.45, 2.75) is 0 Å². The van der Waals surface area contributed by atoms with E-state index in [0.717, 1.165) is 42.6 Å². The normalized spacial score (nSPS) is 12.3. The maximum atomic E-state index is 4.52. The lowest BCUT2D eigenvalue weighted by atomic mass is 9.96. The van der Waals surface area contributed by atoms with Crippen LogP contribution in [0.5, 0.6) is 0 Å². The van der Waals surface area contributed by atoms with E-state index in [4.69, 9.17) is 0 Å². The molecule has 0 fully saturated rings. The molecule has 0 spiro atoms. The summed E-state index contributed by atoms with van der Waals surface area (Å²) in [5.74, 6) is 0. The molecule has 0 unspecified atom stereocenters. The minimum absolute atomic E-state index is 0.964. The van der Waals surface area contributed by atoms with E-state index < -0.39 is 0 Å². The van der Waals surface area contributed by atoms with E-state index in [1.165, 1.54) is 0 Å². The molecule has 3 aromatic rings. The van der Waals surface area contributed by atoms with Gasteiger partial charge in [0.05, 0.1) is 11.4 Å². The van der Waals surface area contributed by atoms with Crippen LogP contribution in [0.15, 0.2) is 91.7 Å². The van der Waals surface area contributed by atoms with Crippen molar-refractivity contribution in [1.29, 1.82) is 0 Å². The number of nitrogens with zero attached hydrogens (tertiary/aromatic N) is 2. The van der Waals surface area contributed by atoms with E-state index in [1.807, 2.05) is 38.4 Å². The molecule has 0 saturated heterocycles. The van der Waals surface area contributed by atoms with Crippen molar-refractivity contribution in [1.82, 2.24) is 0 Å². The van der Waals surface area contributed by atoms with Crippen molar-refractivity contribution in [2.24, 2.45) is 9.98 Å². The van der Waals surface area contributed by atoms with Gasteiger partial charge >= 0.3 is 0 Å². The first kappa shape index (κ1) is 18.7. The Morgan fingerprint density at radius 1 is 0.577 bits per heavy atom. The highest BCUT2D eigenvalue weighted by atomic mass is 79.9. The van der Waals surface area contributed by atoms with E-state index in [2.05, 4.69) is 90.4 Å². The van der Waals surface area contributed by atoms with Crippen LogP contribution in [-0.2, 0) is 0 Å². The van der Waals surface area contributed by atoms with Gasteiger partial charge in [-0.1, -0.05) is 74.3 Å². The van der Waals surface area contributed by atoms with Gasteiger partial charge in [0.15, 0.2) is 0 Å². The van der Waals surface area contributed by atoms with Gasteiger partial charge in [-0.25, -0.2) is 0 Å². The summed E-state index contributed by atoms with van der Waals surface area (Å²) in [6.07, 6.45) is 0. The topological polar surface area (TPSA) is 24.7 Å². The Labute approximate surface area is 171 Å². The largest absolute Gasteiger partial charge is 0.287 e. The highest BCUT2D eigenvalue weighted by Crippen LogP contribution is 2.19. The second-order valence-electron chi connectivity index (χ2n) is 5.74. The summed E-state index contributed by atoms with van der Waals surface area (Å²) in [5, 5.41) is 0. The monoisotopic (exact) mass is 468 g/mol. The molecule has 0 atom stereocenters. The van der Waals surface area contributed by atoms with Crippen molar-refractivity contribution >= 4 is 43.3 Å². The molecule has 4 heteroatoms. The molecule has 0 saturated carbocycles. The molecular weight excluding hydrogens is 452 g/mol. The fourth-order valence-electron chi connectivity index (χ4n) is 2.88. The van der Waals surface area contributed by atoms with Crippen molar-refractivity contribution in [3.05, 3.63) is 104 Å². The zero-order valence-corrected chi connectivity index (χ0v) is 17.8. The van der Waals surface area contributed by atoms with Gasteiger partial charge in [-0.3, -0.25) is 9.98 Å². The van der Waals surface area contributed by atoms with Crippen molar-refractivity contribution in [2.75, 3.05) is 14.1 Å². The molecule has 0 aliphatic rings. The van der Waals surface area contributed by atoms with Gasteiger partial charge in [-0.15, -0.1) is 0 Å². The minimum Gasteiger partial charge on any atom is -0.287 e. The molecule has 0 heterocycles. The molecule has 0 N–H and O–H groups in total. The minimum atomic E-state index is 0.964. The first-order valence-corrected chi connectivity index (χ1v) is 9.77. The van der Waals surface area contributed by atoms with Crippen molar-refractivity contribution < 1.29 is 0 Å². The molecule has 0 aromatic heterocycles. The van der Waals surface area contributed by atoms with Crippen LogP contribution in [0, 0.1) is 0 Å². The molecule has 3 aromatic carbocycles. The Balaban J connectivity index is 2.01. The second kappa shape index (κ2) is 8.56. The molecule has 0 bridgehead atoms. The highest BCUT2D eigenvalue weighted by molar-refractivity contribution is 9.10. The van der Waals surface area contributed by atoms with E-state index in [9.17, 15) is 0 Å². The Hall–Kier alpha value is -2.04. The van der Waals surface area contributed by atoms with Gasteiger partial charge in [0.1, 0.15) is 0 Å². The number of rotatable bonds is 4. The molecule has 3 rings (SSSR count). The van der Waals surface area contributed by atoms with E-state index in [-0.39, 0.29) is 0 Å². The van der Waals surface area contributed by atoms with E-state index >= 15 is 0 Å². The molecule has 0 aliphatic heterocycles. The van der Waals surface area contributed by atoms with Crippen LogP contribution in [0.2, 0.25) is 0 Å². The molecule has 0 radical (unpaired) electrons. The number of hydrogen-bond donors (Lipinski definition) is 0. The Morgan fingerprint density at radius 2 is 0.962 bits per heavy atom.